The molecule has 0 radical (unpaired) electrons. The van der Waals surface area contributed by atoms with E-state index in [-0.39, 0.29) is 105 Å². The van der Waals surface area contributed by atoms with Crippen LogP contribution in [0.3, 0.4) is 0 Å². The zero-order chi connectivity index (χ0) is 7.58. The van der Waals surface area contributed by atoms with Gasteiger partial charge in [-0.05, 0) is 0 Å². The average molecular weight is 470 g/mol. The van der Waals surface area contributed by atoms with E-state index in [1.807, 2.05) is 0 Å². The molecule has 0 amide bonds. The Morgan fingerprint density at radius 3 is 0.867 bits per heavy atom. The van der Waals surface area contributed by atoms with Crippen molar-refractivity contribution in [3.8, 4) is 0 Å². The molecule has 0 aromatic carbocycles. The SMILES string of the molecule is C.C.C.OO.[O]=[Ti].[O]=[Ti]([OH])[OH].[Ti].[Ti].[Zn+2].[Zn]. The Bertz CT molecular complexity index is 59.6. The van der Waals surface area contributed by atoms with Crippen LogP contribution in [0.25, 0.3) is 0 Å². The molecule has 0 spiro atoms. The molecule has 0 bridgehead atoms. The van der Waals surface area contributed by atoms with Crippen molar-refractivity contribution in [2.45, 2.75) is 22.3 Å². The molecule has 0 aliphatic carbocycles. The van der Waals surface area contributed by atoms with E-state index in [1.165, 1.54) is 0 Å². The first kappa shape index (κ1) is 78.2. The summed E-state index contributed by atoms with van der Waals surface area (Å²) in [5.74, 6) is 0. The van der Waals surface area contributed by atoms with E-state index >= 15 is 0 Å². The molecule has 6 nitrogen and oxygen atoms in total. The smallest absolute Gasteiger partial charge is 0 e. The summed E-state index contributed by atoms with van der Waals surface area (Å²) < 4.78 is 31.5. The van der Waals surface area contributed by atoms with Crippen LogP contribution < -0.4 is 0 Å². The van der Waals surface area contributed by atoms with Crippen molar-refractivity contribution < 1.29 is 146 Å². The second-order valence-electron chi connectivity index (χ2n) is 0.283. The van der Waals surface area contributed by atoms with Gasteiger partial charge >= 0.3 is 72.5 Å². The zero-order valence-corrected chi connectivity index (χ0v) is 18.2. The minimum absolute atomic E-state index is 0. The molecule has 0 aliphatic heterocycles. The van der Waals surface area contributed by atoms with Crippen molar-refractivity contribution in [1.29, 1.82) is 0 Å². The van der Waals surface area contributed by atoms with Crippen molar-refractivity contribution in [2.24, 2.45) is 0 Å². The summed E-state index contributed by atoms with van der Waals surface area (Å²) >= 11 is -2.83. The molecule has 0 rings (SSSR count). The van der Waals surface area contributed by atoms with Crippen LogP contribution in [0.15, 0.2) is 0 Å². The van der Waals surface area contributed by atoms with Crippen molar-refractivity contribution in [3.05, 3.63) is 0 Å². The second kappa shape index (κ2) is 112. The maximum absolute atomic E-state index is 8.81. The van der Waals surface area contributed by atoms with Gasteiger partial charge in [0.1, 0.15) is 0 Å². The molecule has 12 heteroatoms. The minimum atomic E-state index is -3.58. The summed E-state index contributed by atoms with van der Waals surface area (Å²) in [6.45, 7) is 0. The fourth-order valence-corrected chi connectivity index (χ4v) is 0. The predicted molar refractivity (Wildman–Crippen MR) is 31.3 cm³/mol. The molecule has 0 saturated heterocycles. The molecule has 0 fully saturated rings. The van der Waals surface area contributed by atoms with Crippen LogP contribution >= 0.6 is 0 Å². The Hall–Kier alpha value is 3.54. The third-order valence-electron chi connectivity index (χ3n) is 0. The maximum Gasteiger partial charge on any atom is 2.00 e. The summed E-state index contributed by atoms with van der Waals surface area (Å²) in [6.07, 6.45) is 0. The van der Waals surface area contributed by atoms with Crippen LogP contribution in [0.5, 0.6) is 0 Å². The number of rotatable bonds is 0. The molecule has 0 saturated carbocycles. The van der Waals surface area contributed by atoms with Crippen molar-refractivity contribution >= 4 is 0 Å². The van der Waals surface area contributed by atoms with Crippen molar-refractivity contribution in [2.75, 3.05) is 0 Å². The number of hydrogen-bond donors (Lipinski definition) is 4. The molecule has 0 unspecified atom stereocenters. The van der Waals surface area contributed by atoms with Crippen LogP contribution in [0.4, 0.5) is 0 Å². The third-order valence-corrected chi connectivity index (χ3v) is 0. The Kier molecular flexibility index (Phi) is 584. The first-order valence-electron chi connectivity index (χ1n) is 1.06. The Morgan fingerprint density at radius 1 is 0.867 bits per heavy atom. The molecule has 15 heavy (non-hydrogen) atoms. The van der Waals surface area contributed by atoms with E-state index in [0.717, 1.165) is 20.4 Å². The average Bonchev–Trinajstić information content (AvgIpc) is 1.75. The van der Waals surface area contributed by atoms with Gasteiger partial charge in [0.2, 0.25) is 0 Å². The van der Waals surface area contributed by atoms with E-state index in [4.69, 9.17) is 24.5 Å². The summed E-state index contributed by atoms with van der Waals surface area (Å²) in [4.78, 5) is 0. The van der Waals surface area contributed by atoms with E-state index in [1.54, 1.807) is 0 Å². The van der Waals surface area contributed by atoms with Gasteiger partial charge in [0.05, 0.1) is 0 Å². The van der Waals surface area contributed by atoms with Crippen molar-refractivity contribution in [3.63, 3.8) is 0 Å². The van der Waals surface area contributed by atoms with Gasteiger partial charge in [-0.1, -0.05) is 22.3 Å². The Morgan fingerprint density at radius 2 is 0.867 bits per heavy atom. The van der Waals surface area contributed by atoms with Crippen LogP contribution in [0.2, 0.25) is 0 Å². The summed E-state index contributed by atoms with van der Waals surface area (Å²) in [5.41, 5.74) is 0. The summed E-state index contributed by atoms with van der Waals surface area (Å²) in [5, 5.41) is 12.0. The number of hydrogen-bond acceptors (Lipinski definition) is 4. The predicted octanol–water partition coefficient (Wildman–Crippen LogP) is 0.559. The van der Waals surface area contributed by atoms with Gasteiger partial charge in [-0.2, -0.15) is 0 Å². The maximum atomic E-state index is 8.81. The zero-order valence-electron chi connectivity index (χ0n) is 6.02. The quantitative estimate of drug-likeness (QED) is 0.234. The van der Waals surface area contributed by atoms with Gasteiger partial charge in [-0.25, -0.2) is 0 Å². The largest absolute Gasteiger partial charge is 2.00 e. The normalized spacial score (nSPS) is 2.33. The molecule has 0 atom stereocenters. The molecule has 0 aliphatic rings. The van der Waals surface area contributed by atoms with Crippen molar-refractivity contribution in [1.82, 2.24) is 0 Å². The van der Waals surface area contributed by atoms with Crippen LogP contribution in [0, 0.1) is 0 Å². The van der Waals surface area contributed by atoms with Gasteiger partial charge in [-0.15, -0.1) is 0 Å². The van der Waals surface area contributed by atoms with Crippen LogP contribution in [-0.4, -0.2) is 17.9 Å². The fourth-order valence-electron chi connectivity index (χ4n) is 0. The molecule has 4 N–H and O–H groups in total. The van der Waals surface area contributed by atoms with Gasteiger partial charge in [0.25, 0.3) is 0 Å². The van der Waals surface area contributed by atoms with Crippen LogP contribution in [0.1, 0.15) is 22.3 Å². The van der Waals surface area contributed by atoms with E-state index < -0.39 is 18.6 Å². The fraction of sp³-hybridized carbons (Fsp3) is 1.00. The third kappa shape index (κ3) is 338. The second-order valence-corrected chi connectivity index (χ2v) is 1.17. The Balaban J connectivity index is -0.00000000267. The van der Waals surface area contributed by atoms with Gasteiger partial charge < -0.3 is 0 Å². The van der Waals surface area contributed by atoms with Crippen LogP contribution in [-0.2, 0) is 128 Å². The molecular formula is C3H16O6Ti4Zn2+2. The standard InChI is InChI=1S/3CH4.H2O2.2H2O.2O.4Ti.2Zn/c;;;1-2;;;;;;;;;;/h3*1H4;1-2H;2*1H2;;;;;;;;/q;;;;;;;;;;;+2;;+2/p-2. The molecule has 0 heterocycles. The van der Waals surface area contributed by atoms with Gasteiger partial charge in [0, 0.05) is 62.9 Å². The summed E-state index contributed by atoms with van der Waals surface area (Å²) in [6, 6.07) is 0. The van der Waals surface area contributed by atoms with Gasteiger partial charge in [0.15, 0.2) is 0 Å². The van der Waals surface area contributed by atoms with E-state index in [0.29, 0.717) is 0 Å². The van der Waals surface area contributed by atoms with Gasteiger partial charge in [-0.3, -0.25) is 10.5 Å². The monoisotopic (exact) mass is 468 g/mol. The Labute approximate surface area is 165 Å². The molecule has 82 valence electrons. The first-order valence-corrected chi connectivity index (χ1v) is 3.73. The first-order chi connectivity index (χ1) is 3.73. The molecule has 0 aromatic rings. The topological polar surface area (TPSA) is 115 Å². The molecular weight excluding hydrogens is 454 g/mol. The minimum Gasteiger partial charge on any atom is 0 e. The van der Waals surface area contributed by atoms with E-state index in [9.17, 15) is 0 Å². The molecule has 0 aromatic heterocycles. The van der Waals surface area contributed by atoms with E-state index in [2.05, 4.69) is 0 Å². The summed E-state index contributed by atoms with van der Waals surface area (Å²) in [7, 11) is 0.